The van der Waals surface area contributed by atoms with Gasteiger partial charge in [-0.15, -0.1) is 0 Å². The number of nitriles is 1. The van der Waals surface area contributed by atoms with E-state index < -0.39 is 0 Å². The molecule has 2 aromatic rings. The van der Waals surface area contributed by atoms with Gasteiger partial charge in [-0.2, -0.15) is 5.26 Å². The highest BCUT2D eigenvalue weighted by atomic mass is 16.5. The molecule has 88 valence electrons. The molecule has 0 radical (unpaired) electrons. The van der Waals surface area contributed by atoms with E-state index in [2.05, 4.69) is 11.1 Å². The molecule has 0 saturated carbocycles. The van der Waals surface area contributed by atoms with Crippen LogP contribution >= 0.6 is 0 Å². The zero-order chi connectivity index (χ0) is 12.3. The summed E-state index contributed by atoms with van der Waals surface area (Å²) in [5, 5.41) is 9.65. The first-order valence-electron chi connectivity index (χ1n) is 5.39. The van der Waals surface area contributed by atoms with E-state index in [1.807, 2.05) is 18.3 Å². The van der Waals surface area contributed by atoms with E-state index in [0.717, 1.165) is 28.0 Å². The molecule has 0 saturated heterocycles. The molecule has 1 N–H and O–H groups in total. The van der Waals surface area contributed by atoms with Crippen molar-refractivity contribution in [2.75, 3.05) is 14.2 Å². The predicted octanol–water partition coefficient (Wildman–Crippen LogP) is 2.64. The summed E-state index contributed by atoms with van der Waals surface area (Å²) in [5.74, 6) is 1.58. The minimum Gasteiger partial charge on any atom is -0.496 e. The van der Waals surface area contributed by atoms with Crippen molar-refractivity contribution in [1.29, 1.82) is 5.26 Å². The molecule has 0 atom stereocenters. The number of aromatic nitrogens is 1. The summed E-state index contributed by atoms with van der Waals surface area (Å²) in [6.45, 7) is 0. The van der Waals surface area contributed by atoms with E-state index in [0.29, 0.717) is 12.8 Å². The molecule has 0 amide bonds. The molecule has 0 aliphatic carbocycles. The standard InChI is InChI=1S/C13H14N2O2/c1-16-10-5-6-11(17-2)13-12(10)9(8-15-13)4-3-7-14/h5-6,8,15H,3-4H2,1-2H3. The van der Waals surface area contributed by atoms with Crippen molar-refractivity contribution >= 4 is 10.9 Å². The molecule has 0 spiro atoms. The smallest absolute Gasteiger partial charge is 0.143 e. The zero-order valence-electron chi connectivity index (χ0n) is 9.91. The first kappa shape index (κ1) is 11.3. The molecule has 4 nitrogen and oxygen atoms in total. The maximum Gasteiger partial charge on any atom is 0.143 e. The Balaban J connectivity index is 2.59. The Labute approximate surface area is 99.8 Å². The van der Waals surface area contributed by atoms with Crippen molar-refractivity contribution in [2.45, 2.75) is 12.8 Å². The van der Waals surface area contributed by atoms with Crippen molar-refractivity contribution in [1.82, 2.24) is 4.98 Å². The number of H-pyrrole nitrogens is 1. The second-order valence-electron chi connectivity index (χ2n) is 3.69. The van der Waals surface area contributed by atoms with Crippen LogP contribution in [-0.4, -0.2) is 19.2 Å². The number of ether oxygens (including phenoxy) is 2. The van der Waals surface area contributed by atoms with Crippen molar-refractivity contribution in [2.24, 2.45) is 0 Å². The number of nitrogens with one attached hydrogen (secondary N) is 1. The first-order chi connectivity index (χ1) is 8.31. The Bertz CT molecular complexity index is 567. The minimum atomic E-state index is 0.493. The number of nitrogens with zero attached hydrogens (tertiary/aromatic N) is 1. The lowest BCUT2D eigenvalue weighted by Gasteiger charge is -2.07. The summed E-state index contributed by atoms with van der Waals surface area (Å²) < 4.78 is 10.6. The largest absolute Gasteiger partial charge is 0.496 e. The Morgan fingerprint density at radius 2 is 1.94 bits per heavy atom. The second kappa shape index (κ2) is 4.79. The average molecular weight is 230 g/mol. The molecule has 0 bridgehead atoms. The van der Waals surface area contributed by atoms with Crippen LogP contribution in [-0.2, 0) is 6.42 Å². The summed E-state index contributed by atoms with van der Waals surface area (Å²) >= 11 is 0. The fourth-order valence-corrected chi connectivity index (χ4v) is 1.99. The number of fused-ring (bicyclic) bond motifs is 1. The van der Waals surface area contributed by atoms with Gasteiger partial charge in [-0.3, -0.25) is 0 Å². The Hall–Kier alpha value is -2.15. The molecular weight excluding hydrogens is 216 g/mol. The van der Waals surface area contributed by atoms with Crippen LogP contribution in [0.3, 0.4) is 0 Å². The van der Waals surface area contributed by atoms with E-state index in [1.165, 1.54) is 0 Å². The maximum absolute atomic E-state index is 8.65. The van der Waals surface area contributed by atoms with Crippen LogP contribution in [0.1, 0.15) is 12.0 Å². The van der Waals surface area contributed by atoms with Crippen LogP contribution in [0.4, 0.5) is 0 Å². The van der Waals surface area contributed by atoms with Gasteiger partial charge in [0.1, 0.15) is 11.5 Å². The second-order valence-corrected chi connectivity index (χ2v) is 3.69. The molecule has 1 heterocycles. The van der Waals surface area contributed by atoms with Crippen molar-refractivity contribution in [3.05, 3.63) is 23.9 Å². The fraction of sp³-hybridized carbons (Fsp3) is 0.308. The summed E-state index contributed by atoms with van der Waals surface area (Å²) in [6.07, 6.45) is 3.11. The lowest BCUT2D eigenvalue weighted by atomic mass is 10.1. The number of methoxy groups -OCH3 is 2. The summed E-state index contributed by atoms with van der Waals surface area (Å²) in [6, 6.07) is 5.90. The van der Waals surface area contributed by atoms with E-state index in [-0.39, 0.29) is 0 Å². The van der Waals surface area contributed by atoms with Crippen molar-refractivity contribution < 1.29 is 9.47 Å². The van der Waals surface area contributed by atoms with Gasteiger partial charge in [0.05, 0.1) is 25.8 Å². The van der Waals surface area contributed by atoms with Crippen LogP contribution in [0.15, 0.2) is 18.3 Å². The molecule has 1 aromatic carbocycles. The minimum absolute atomic E-state index is 0.493. The highest BCUT2D eigenvalue weighted by Crippen LogP contribution is 2.35. The highest BCUT2D eigenvalue weighted by molar-refractivity contribution is 5.93. The Kier molecular flexibility index (Phi) is 3.20. The summed E-state index contributed by atoms with van der Waals surface area (Å²) in [5.41, 5.74) is 2.00. The van der Waals surface area contributed by atoms with Gasteiger partial charge in [0.15, 0.2) is 0 Å². The van der Waals surface area contributed by atoms with Gasteiger partial charge in [0.2, 0.25) is 0 Å². The van der Waals surface area contributed by atoms with Crippen LogP contribution in [0.25, 0.3) is 10.9 Å². The van der Waals surface area contributed by atoms with Gasteiger partial charge in [0.25, 0.3) is 0 Å². The van der Waals surface area contributed by atoms with Gasteiger partial charge in [-0.05, 0) is 24.1 Å². The van der Waals surface area contributed by atoms with Crippen molar-refractivity contribution in [3.8, 4) is 17.6 Å². The zero-order valence-corrected chi connectivity index (χ0v) is 9.91. The number of rotatable bonds is 4. The lowest BCUT2D eigenvalue weighted by molar-refractivity contribution is 0.410. The fourth-order valence-electron chi connectivity index (χ4n) is 1.99. The van der Waals surface area contributed by atoms with Gasteiger partial charge < -0.3 is 14.5 Å². The topological polar surface area (TPSA) is 58.0 Å². The molecule has 0 unspecified atom stereocenters. The van der Waals surface area contributed by atoms with Crippen LogP contribution in [0, 0.1) is 11.3 Å². The van der Waals surface area contributed by atoms with E-state index in [9.17, 15) is 0 Å². The van der Waals surface area contributed by atoms with Crippen LogP contribution in [0.2, 0.25) is 0 Å². The number of aromatic amines is 1. The van der Waals surface area contributed by atoms with Gasteiger partial charge in [0, 0.05) is 18.0 Å². The quantitative estimate of drug-likeness (QED) is 0.878. The number of hydrogen-bond donors (Lipinski definition) is 1. The summed E-state index contributed by atoms with van der Waals surface area (Å²) in [4.78, 5) is 3.18. The molecule has 0 aliphatic heterocycles. The third-order valence-corrected chi connectivity index (χ3v) is 2.79. The first-order valence-corrected chi connectivity index (χ1v) is 5.39. The average Bonchev–Trinajstić information content (AvgIpc) is 2.79. The van der Waals surface area contributed by atoms with Gasteiger partial charge in [-0.25, -0.2) is 0 Å². The third kappa shape index (κ3) is 1.92. The van der Waals surface area contributed by atoms with E-state index >= 15 is 0 Å². The molecular formula is C13H14N2O2. The number of aryl methyl sites for hydroxylation is 1. The predicted molar refractivity (Wildman–Crippen MR) is 65.3 cm³/mol. The van der Waals surface area contributed by atoms with E-state index in [4.69, 9.17) is 14.7 Å². The summed E-state index contributed by atoms with van der Waals surface area (Å²) in [7, 11) is 3.28. The Morgan fingerprint density at radius 1 is 1.24 bits per heavy atom. The molecule has 2 rings (SSSR count). The number of benzene rings is 1. The normalized spacial score (nSPS) is 10.2. The molecule has 0 aliphatic rings. The van der Waals surface area contributed by atoms with Crippen LogP contribution in [0.5, 0.6) is 11.5 Å². The van der Waals surface area contributed by atoms with Crippen LogP contribution < -0.4 is 9.47 Å². The van der Waals surface area contributed by atoms with E-state index in [1.54, 1.807) is 14.2 Å². The third-order valence-electron chi connectivity index (χ3n) is 2.79. The molecule has 0 fully saturated rings. The highest BCUT2D eigenvalue weighted by Gasteiger charge is 2.12. The van der Waals surface area contributed by atoms with Gasteiger partial charge in [-0.1, -0.05) is 0 Å². The van der Waals surface area contributed by atoms with Crippen molar-refractivity contribution in [3.63, 3.8) is 0 Å². The molecule has 17 heavy (non-hydrogen) atoms. The maximum atomic E-state index is 8.65. The Morgan fingerprint density at radius 3 is 2.59 bits per heavy atom. The lowest BCUT2D eigenvalue weighted by Crippen LogP contribution is -1.90. The number of hydrogen-bond acceptors (Lipinski definition) is 3. The molecule has 1 aromatic heterocycles. The molecule has 4 heteroatoms. The SMILES string of the molecule is COc1ccc(OC)c2c(CCC#N)c[nH]c12. The van der Waals surface area contributed by atoms with Gasteiger partial charge >= 0.3 is 0 Å². The monoisotopic (exact) mass is 230 g/mol.